The van der Waals surface area contributed by atoms with Crippen molar-refractivity contribution >= 4 is 0 Å². The first-order chi connectivity index (χ1) is 8.60. The van der Waals surface area contributed by atoms with Gasteiger partial charge in [0.15, 0.2) is 0 Å². The van der Waals surface area contributed by atoms with Gasteiger partial charge >= 0.3 is 0 Å². The van der Waals surface area contributed by atoms with Gasteiger partial charge in [-0.15, -0.1) is 0 Å². The Morgan fingerprint density at radius 1 is 1.28 bits per heavy atom. The molecule has 0 amide bonds. The maximum Gasteiger partial charge on any atom is 0.131 e. The number of hydrogen-bond donors (Lipinski definition) is 1. The van der Waals surface area contributed by atoms with Crippen LogP contribution in [0, 0.1) is 5.82 Å². The van der Waals surface area contributed by atoms with Gasteiger partial charge in [-0.1, -0.05) is 12.8 Å². The highest BCUT2D eigenvalue weighted by molar-refractivity contribution is 5.41. The molecular weight excluding hydrogens is 233 g/mol. The van der Waals surface area contributed by atoms with Crippen molar-refractivity contribution in [2.45, 2.75) is 37.8 Å². The Labute approximate surface area is 107 Å². The summed E-state index contributed by atoms with van der Waals surface area (Å²) < 4.78 is 24.4. The molecule has 0 saturated heterocycles. The molecule has 1 aliphatic rings. The summed E-state index contributed by atoms with van der Waals surface area (Å²) in [6, 6.07) is 3.21. The predicted molar refractivity (Wildman–Crippen MR) is 68.0 cm³/mol. The third kappa shape index (κ3) is 2.35. The van der Waals surface area contributed by atoms with Crippen molar-refractivity contribution in [1.29, 1.82) is 0 Å². The molecule has 0 atom stereocenters. The van der Waals surface area contributed by atoms with Crippen molar-refractivity contribution in [3.63, 3.8) is 0 Å². The molecule has 100 valence electrons. The van der Waals surface area contributed by atoms with Crippen LogP contribution in [0.25, 0.3) is 0 Å². The van der Waals surface area contributed by atoms with E-state index in [4.69, 9.17) is 15.2 Å². The molecule has 0 heterocycles. The van der Waals surface area contributed by atoms with Gasteiger partial charge in [0, 0.05) is 29.8 Å². The SMILES string of the molecule is COCc1cc(C2(N)CCCC2)c(F)cc1OC. The lowest BCUT2D eigenvalue weighted by Gasteiger charge is -2.26. The third-order valence-electron chi connectivity index (χ3n) is 3.70. The van der Waals surface area contributed by atoms with Gasteiger partial charge < -0.3 is 15.2 Å². The van der Waals surface area contributed by atoms with E-state index in [9.17, 15) is 4.39 Å². The second kappa shape index (κ2) is 5.24. The lowest BCUT2D eigenvalue weighted by molar-refractivity contribution is 0.181. The van der Waals surface area contributed by atoms with Gasteiger partial charge in [-0.3, -0.25) is 0 Å². The van der Waals surface area contributed by atoms with Gasteiger partial charge in [-0.2, -0.15) is 0 Å². The molecule has 3 nitrogen and oxygen atoms in total. The number of benzene rings is 1. The first-order valence-electron chi connectivity index (χ1n) is 6.25. The van der Waals surface area contributed by atoms with E-state index in [1.807, 2.05) is 0 Å². The van der Waals surface area contributed by atoms with Crippen molar-refractivity contribution < 1.29 is 13.9 Å². The Morgan fingerprint density at radius 2 is 1.94 bits per heavy atom. The average molecular weight is 253 g/mol. The Bertz CT molecular complexity index is 428. The van der Waals surface area contributed by atoms with Crippen LogP contribution in [-0.4, -0.2) is 14.2 Å². The van der Waals surface area contributed by atoms with Crippen LogP contribution in [0.15, 0.2) is 12.1 Å². The standard InChI is InChI=1S/C14H20FNO2/c1-17-9-10-7-11(12(15)8-13(10)18-2)14(16)5-3-4-6-14/h7-8H,3-6,9,16H2,1-2H3. The van der Waals surface area contributed by atoms with Crippen LogP contribution in [0.5, 0.6) is 5.75 Å². The second-order valence-corrected chi connectivity index (χ2v) is 4.94. The highest BCUT2D eigenvalue weighted by Crippen LogP contribution is 2.39. The van der Waals surface area contributed by atoms with Crippen LogP contribution in [0.3, 0.4) is 0 Å². The van der Waals surface area contributed by atoms with E-state index in [1.54, 1.807) is 13.2 Å². The number of hydrogen-bond acceptors (Lipinski definition) is 3. The zero-order valence-electron chi connectivity index (χ0n) is 11.0. The summed E-state index contributed by atoms with van der Waals surface area (Å²) in [5, 5.41) is 0. The van der Waals surface area contributed by atoms with E-state index in [2.05, 4.69) is 0 Å². The highest BCUT2D eigenvalue weighted by atomic mass is 19.1. The minimum absolute atomic E-state index is 0.281. The smallest absolute Gasteiger partial charge is 0.131 e. The van der Waals surface area contributed by atoms with E-state index >= 15 is 0 Å². The fraction of sp³-hybridized carbons (Fsp3) is 0.571. The van der Waals surface area contributed by atoms with Crippen molar-refractivity contribution in [1.82, 2.24) is 0 Å². The summed E-state index contributed by atoms with van der Waals surface area (Å²) in [5.74, 6) is 0.232. The van der Waals surface area contributed by atoms with E-state index in [1.165, 1.54) is 13.2 Å². The Kier molecular flexibility index (Phi) is 3.88. The largest absolute Gasteiger partial charge is 0.496 e. The van der Waals surface area contributed by atoms with Crippen molar-refractivity contribution in [3.8, 4) is 5.75 Å². The number of methoxy groups -OCH3 is 2. The average Bonchev–Trinajstić information content (AvgIpc) is 2.79. The number of ether oxygens (including phenoxy) is 2. The Balaban J connectivity index is 2.44. The van der Waals surface area contributed by atoms with Gasteiger partial charge in [0.25, 0.3) is 0 Å². The summed E-state index contributed by atoms with van der Waals surface area (Å²) in [4.78, 5) is 0. The molecule has 1 aromatic rings. The molecule has 2 rings (SSSR count). The van der Waals surface area contributed by atoms with E-state index in [-0.39, 0.29) is 5.82 Å². The van der Waals surface area contributed by atoms with Gasteiger partial charge in [0.1, 0.15) is 11.6 Å². The van der Waals surface area contributed by atoms with E-state index in [0.29, 0.717) is 17.9 Å². The molecule has 0 bridgehead atoms. The number of rotatable bonds is 4. The quantitative estimate of drug-likeness (QED) is 0.897. The van der Waals surface area contributed by atoms with Crippen LogP contribution in [0.2, 0.25) is 0 Å². The molecule has 0 spiro atoms. The minimum atomic E-state index is -0.529. The number of nitrogens with two attached hydrogens (primary N) is 1. The summed E-state index contributed by atoms with van der Waals surface area (Å²) in [7, 11) is 3.14. The van der Waals surface area contributed by atoms with Gasteiger partial charge in [-0.05, 0) is 18.9 Å². The summed E-state index contributed by atoms with van der Waals surface area (Å²) >= 11 is 0. The molecule has 1 aliphatic carbocycles. The zero-order valence-corrected chi connectivity index (χ0v) is 11.0. The molecule has 18 heavy (non-hydrogen) atoms. The molecule has 0 unspecified atom stereocenters. The maximum atomic E-state index is 14.2. The van der Waals surface area contributed by atoms with Crippen LogP contribution in [-0.2, 0) is 16.9 Å². The second-order valence-electron chi connectivity index (χ2n) is 4.94. The first-order valence-corrected chi connectivity index (χ1v) is 6.25. The van der Waals surface area contributed by atoms with Gasteiger partial charge in [0.2, 0.25) is 0 Å². The van der Waals surface area contributed by atoms with Crippen molar-refractivity contribution in [3.05, 3.63) is 29.1 Å². The monoisotopic (exact) mass is 253 g/mol. The molecule has 0 aromatic heterocycles. The molecule has 0 radical (unpaired) electrons. The van der Waals surface area contributed by atoms with E-state index < -0.39 is 5.54 Å². The van der Waals surface area contributed by atoms with Crippen LogP contribution in [0.1, 0.15) is 36.8 Å². The number of halogens is 1. The Morgan fingerprint density at radius 3 is 2.50 bits per heavy atom. The predicted octanol–water partition coefficient (Wildman–Crippen LogP) is 2.71. The molecule has 1 saturated carbocycles. The summed E-state index contributed by atoms with van der Waals surface area (Å²) in [6.07, 6.45) is 3.79. The molecular formula is C14H20FNO2. The summed E-state index contributed by atoms with van der Waals surface area (Å²) in [5.41, 5.74) is 7.22. The first kappa shape index (κ1) is 13.3. The topological polar surface area (TPSA) is 44.5 Å². The zero-order chi connectivity index (χ0) is 13.2. The third-order valence-corrected chi connectivity index (χ3v) is 3.70. The highest BCUT2D eigenvalue weighted by Gasteiger charge is 2.34. The molecule has 2 N–H and O–H groups in total. The summed E-state index contributed by atoms with van der Waals surface area (Å²) in [6.45, 7) is 0.395. The lowest BCUT2D eigenvalue weighted by atomic mass is 9.87. The van der Waals surface area contributed by atoms with Crippen LogP contribution >= 0.6 is 0 Å². The molecule has 1 fully saturated rings. The molecule has 1 aromatic carbocycles. The van der Waals surface area contributed by atoms with Gasteiger partial charge in [0.05, 0.1) is 13.7 Å². The molecule has 4 heteroatoms. The Hall–Kier alpha value is -1.13. The normalized spacial score (nSPS) is 18.0. The minimum Gasteiger partial charge on any atom is -0.496 e. The fourth-order valence-corrected chi connectivity index (χ4v) is 2.71. The van der Waals surface area contributed by atoms with Crippen molar-refractivity contribution in [2.24, 2.45) is 5.73 Å². The molecule has 0 aliphatic heterocycles. The maximum absolute atomic E-state index is 14.2. The van der Waals surface area contributed by atoms with Crippen LogP contribution < -0.4 is 10.5 Å². The van der Waals surface area contributed by atoms with E-state index in [0.717, 1.165) is 31.2 Å². The van der Waals surface area contributed by atoms with Crippen LogP contribution in [0.4, 0.5) is 4.39 Å². The van der Waals surface area contributed by atoms with Crippen molar-refractivity contribution in [2.75, 3.05) is 14.2 Å². The lowest BCUT2D eigenvalue weighted by Crippen LogP contribution is -2.34. The van der Waals surface area contributed by atoms with Gasteiger partial charge in [-0.25, -0.2) is 4.39 Å². The fourth-order valence-electron chi connectivity index (χ4n) is 2.71.